The summed E-state index contributed by atoms with van der Waals surface area (Å²) in [4.78, 5) is 11.8. The minimum absolute atomic E-state index is 0.120. The minimum atomic E-state index is -0.906. The van der Waals surface area contributed by atoms with E-state index in [1.54, 1.807) is 0 Å². The fraction of sp³-hybridized carbons (Fsp3) is 0.533. The van der Waals surface area contributed by atoms with Crippen LogP contribution in [0.25, 0.3) is 0 Å². The van der Waals surface area contributed by atoms with Crippen LogP contribution in [0.2, 0.25) is 0 Å². The molecule has 3 nitrogen and oxygen atoms in total. The van der Waals surface area contributed by atoms with Crippen molar-refractivity contribution in [3.63, 3.8) is 0 Å². The molecule has 1 aromatic carbocycles. The van der Waals surface area contributed by atoms with Gasteiger partial charge in [-0.1, -0.05) is 19.9 Å². The van der Waals surface area contributed by atoms with Crippen LogP contribution in [0.1, 0.15) is 32.3 Å². The average Bonchev–Trinajstić information content (AvgIpc) is 2.39. The summed E-state index contributed by atoms with van der Waals surface area (Å²) in [6.07, 6.45) is 1.26. The predicted molar refractivity (Wildman–Crippen MR) is 74.8 cm³/mol. The van der Waals surface area contributed by atoms with E-state index in [2.05, 4.69) is 19.2 Å². The van der Waals surface area contributed by atoms with Crippen molar-refractivity contribution in [1.82, 2.24) is 5.32 Å². The zero-order valence-electron chi connectivity index (χ0n) is 12.0. The SMILES string of the molecule is CC(C)CC(CN)CC(=O)NCc1ccc(F)c(F)c1. The molecule has 0 radical (unpaired) electrons. The second-order valence-corrected chi connectivity index (χ2v) is 5.46. The molecule has 0 fully saturated rings. The smallest absolute Gasteiger partial charge is 0.220 e. The molecule has 0 aliphatic heterocycles. The highest BCUT2D eigenvalue weighted by Crippen LogP contribution is 2.14. The lowest BCUT2D eigenvalue weighted by Crippen LogP contribution is -2.28. The highest BCUT2D eigenvalue weighted by molar-refractivity contribution is 5.76. The Bertz CT molecular complexity index is 449. The van der Waals surface area contributed by atoms with Gasteiger partial charge < -0.3 is 11.1 Å². The molecule has 0 aliphatic rings. The van der Waals surface area contributed by atoms with Crippen molar-refractivity contribution in [2.24, 2.45) is 17.6 Å². The Balaban J connectivity index is 2.44. The second-order valence-electron chi connectivity index (χ2n) is 5.46. The number of hydrogen-bond acceptors (Lipinski definition) is 2. The summed E-state index contributed by atoms with van der Waals surface area (Å²) in [5.74, 6) is -1.27. The van der Waals surface area contributed by atoms with Crippen LogP contribution in [0.3, 0.4) is 0 Å². The minimum Gasteiger partial charge on any atom is -0.352 e. The van der Waals surface area contributed by atoms with E-state index < -0.39 is 11.6 Å². The van der Waals surface area contributed by atoms with Gasteiger partial charge in [-0.2, -0.15) is 0 Å². The number of nitrogens with one attached hydrogen (secondary N) is 1. The van der Waals surface area contributed by atoms with Gasteiger partial charge in [-0.15, -0.1) is 0 Å². The largest absolute Gasteiger partial charge is 0.352 e. The molecule has 3 N–H and O–H groups in total. The molecule has 1 rings (SSSR count). The molecule has 1 unspecified atom stereocenters. The van der Waals surface area contributed by atoms with Crippen LogP contribution < -0.4 is 11.1 Å². The van der Waals surface area contributed by atoms with E-state index >= 15 is 0 Å². The summed E-state index contributed by atoms with van der Waals surface area (Å²) in [5, 5.41) is 2.70. The third kappa shape index (κ3) is 5.65. The van der Waals surface area contributed by atoms with Crippen LogP contribution in [-0.4, -0.2) is 12.5 Å². The van der Waals surface area contributed by atoms with Crippen molar-refractivity contribution in [1.29, 1.82) is 0 Å². The molecule has 1 atom stereocenters. The Morgan fingerprint density at radius 2 is 2.00 bits per heavy atom. The lowest BCUT2D eigenvalue weighted by atomic mass is 9.94. The summed E-state index contributed by atoms with van der Waals surface area (Å²) in [6.45, 7) is 4.83. The Morgan fingerprint density at radius 3 is 2.55 bits per heavy atom. The zero-order chi connectivity index (χ0) is 15.1. The highest BCUT2D eigenvalue weighted by atomic mass is 19.2. The maximum absolute atomic E-state index is 13.0. The molecule has 0 aliphatic carbocycles. The lowest BCUT2D eigenvalue weighted by molar-refractivity contribution is -0.122. The normalized spacial score (nSPS) is 12.5. The fourth-order valence-electron chi connectivity index (χ4n) is 2.11. The van der Waals surface area contributed by atoms with Gasteiger partial charge in [0.2, 0.25) is 5.91 Å². The van der Waals surface area contributed by atoms with Gasteiger partial charge in [0.05, 0.1) is 0 Å². The first-order chi connectivity index (χ1) is 9.42. The van der Waals surface area contributed by atoms with Gasteiger partial charge in [0.15, 0.2) is 11.6 Å². The predicted octanol–water partition coefficient (Wildman–Crippen LogP) is 2.59. The quantitative estimate of drug-likeness (QED) is 0.808. The second kappa shape index (κ2) is 7.94. The number of carbonyl (C=O) groups excluding carboxylic acids is 1. The zero-order valence-corrected chi connectivity index (χ0v) is 12.0. The van der Waals surface area contributed by atoms with Gasteiger partial charge in [-0.25, -0.2) is 8.78 Å². The first kappa shape index (κ1) is 16.6. The van der Waals surface area contributed by atoms with Crippen LogP contribution >= 0.6 is 0 Å². The third-order valence-corrected chi connectivity index (χ3v) is 3.09. The third-order valence-electron chi connectivity index (χ3n) is 3.09. The van der Waals surface area contributed by atoms with E-state index in [9.17, 15) is 13.6 Å². The Hall–Kier alpha value is -1.49. The number of amides is 1. The van der Waals surface area contributed by atoms with Gasteiger partial charge in [0, 0.05) is 13.0 Å². The molecule has 0 bridgehead atoms. The molecular weight excluding hydrogens is 262 g/mol. The summed E-state index contributed by atoms with van der Waals surface area (Å²) < 4.78 is 25.8. The van der Waals surface area contributed by atoms with Crippen LogP contribution in [-0.2, 0) is 11.3 Å². The first-order valence-corrected chi connectivity index (χ1v) is 6.83. The Labute approximate surface area is 118 Å². The van der Waals surface area contributed by atoms with Gasteiger partial charge in [0.25, 0.3) is 0 Å². The summed E-state index contributed by atoms with van der Waals surface area (Å²) in [5.41, 5.74) is 6.17. The monoisotopic (exact) mass is 284 g/mol. The van der Waals surface area contributed by atoms with Crippen molar-refractivity contribution >= 4 is 5.91 Å². The van der Waals surface area contributed by atoms with E-state index in [4.69, 9.17) is 5.73 Å². The fourth-order valence-corrected chi connectivity index (χ4v) is 2.11. The number of halogens is 2. The van der Waals surface area contributed by atoms with E-state index in [0.29, 0.717) is 24.4 Å². The molecule has 5 heteroatoms. The maximum atomic E-state index is 13.0. The Morgan fingerprint density at radius 1 is 1.30 bits per heavy atom. The summed E-state index contributed by atoms with van der Waals surface area (Å²) in [6, 6.07) is 3.59. The number of nitrogens with two attached hydrogens (primary N) is 1. The van der Waals surface area contributed by atoms with Crippen molar-refractivity contribution in [2.45, 2.75) is 33.2 Å². The number of rotatable bonds is 7. The molecule has 20 heavy (non-hydrogen) atoms. The van der Waals surface area contributed by atoms with Gasteiger partial charge >= 0.3 is 0 Å². The molecule has 112 valence electrons. The van der Waals surface area contributed by atoms with Crippen LogP contribution in [0.15, 0.2) is 18.2 Å². The summed E-state index contributed by atoms with van der Waals surface area (Å²) in [7, 11) is 0. The topological polar surface area (TPSA) is 55.1 Å². The summed E-state index contributed by atoms with van der Waals surface area (Å²) >= 11 is 0. The van der Waals surface area contributed by atoms with E-state index in [0.717, 1.165) is 18.6 Å². The van der Waals surface area contributed by atoms with Crippen molar-refractivity contribution in [3.05, 3.63) is 35.4 Å². The molecule has 0 saturated carbocycles. The Kier molecular flexibility index (Phi) is 6.58. The molecule has 0 heterocycles. The van der Waals surface area contributed by atoms with Crippen LogP contribution in [0.4, 0.5) is 8.78 Å². The number of hydrogen-bond donors (Lipinski definition) is 2. The van der Waals surface area contributed by atoms with Gasteiger partial charge in [0.1, 0.15) is 0 Å². The number of carbonyl (C=O) groups is 1. The highest BCUT2D eigenvalue weighted by Gasteiger charge is 2.14. The van der Waals surface area contributed by atoms with Crippen molar-refractivity contribution in [3.8, 4) is 0 Å². The van der Waals surface area contributed by atoms with Gasteiger partial charge in [-0.05, 0) is 42.5 Å². The van der Waals surface area contributed by atoms with E-state index in [1.165, 1.54) is 6.07 Å². The molecule has 1 aromatic rings. The standard InChI is InChI=1S/C15H22F2N2O/c1-10(2)5-12(8-18)7-15(20)19-9-11-3-4-13(16)14(17)6-11/h3-4,6,10,12H,5,7-9,18H2,1-2H3,(H,19,20). The van der Waals surface area contributed by atoms with Crippen molar-refractivity contribution < 1.29 is 13.6 Å². The first-order valence-electron chi connectivity index (χ1n) is 6.83. The van der Waals surface area contributed by atoms with Crippen LogP contribution in [0, 0.1) is 23.5 Å². The lowest BCUT2D eigenvalue weighted by Gasteiger charge is -2.16. The van der Waals surface area contributed by atoms with E-state index in [-0.39, 0.29) is 18.4 Å². The maximum Gasteiger partial charge on any atom is 0.220 e. The molecule has 0 saturated heterocycles. The molecule has 0 spiro atoms. The molecule has 0 aromatic heterocycles. The molecular formula is C15H22F2N2O. The van der Waals surface area contributed by atoms with Gasteiger partial charge in [-0.3, -0.25) is 4.79 Å². The van der Waals surface area contributed by atoms with Crippen molar-refractivity contribution in [2.75, 3.05) is 6.54 Å². The van der Waals surface area contributed by atoms with Crippen LogP contribution in [0.5, 0.6) is 0 Å². The van der Waals surface area contributed by atoms with E-state index in [1.807, 2.05) is 0 Å². The molecule has 1 amide bonds. The number of benzene rings is 1. The average molecular weight is 284 g/mol.